The highest BCUT2D eigenvalue weighted by molar-refractivity contribution is 5.71. The fraction of sp³-hybridized carbons (Fsp3) is 0.0769. The number of halogens is 1. The molecule has 0 heterocycles. The first kappa shape index (κ1) is 10.5. The Bertz CT molecular complexity index is 509. The molecule has 0 aliphatic rings. The van der Waals surface area contributed by atoms with Crippen molar-refractivity contribution in [3.63, 3.8) is 0 Å². The van der Waals surface area contributed by atoms with Crippen LogP contribution < -0.4 is 4.74 Å². The summed E-state index contributed by atoms with van der Waals surface area (Å²) in [6.07, 6.45) is 0. The summed E-state index contributed by atoms with van der Waals surface area (Å²) in [5, 5.41) is 9.76. The largest absolute Gasteiger partial charge is 0.507 e. The van der Waals surface area contributed by atoms with Crippen molar-refractivity contribution in [1.82, 2.24) is 0 Å². The lowest BCUT2D eigenvalue weighted by Crippen LogP contribution is -1.85. The Balaban J connectivity index is 2.48. The van der Waals surface area contributed by atoms with Gasteiger partial charge in [0.25, 0.3) is 0 Å². The van der Waals surface area contributed by atoms with Crippen LogP contribution in [0.5, 0.6) is 11.5 Å². The van der Waals surface area contributed by atoms with Crippen molar-refractivity contribution in [3.8, 4) is 22.6 Å². The quantitative estimate of drug-likeness (QED) is 0.838. The lowest BCUT2D eigenvalue weighted by molar-refractivity contribution is 0.408. The molecular formula is C13H11FO2. The predicted octanol–water partition coefficient (Wildman–Crippen LogP) is 3.21. The van der Waals surface area contributed by atoms with Crippen molar-refractivity contribution < 1.29 is 14.2 Å². The average molecular weight is 218 g/mol. The molecule has 0 aliphatic carbocycles. The van der Waals surface area contributed by atoms with E-state index in [2.05, 4.69) is 0 Å². The van der Waals surface area contributed by atoms with Crippen LogP contribution in [0.3, 0.4) is 0 Å². The molecular weight excluding hydrogens is 207 g/mol. The third kappa shape index (κ3) is 1.98. The number of hydrogen-bond acceptors (Lipinski definition) is 2. The molecule has 0 fully saturated rings. The van der Waals surface area contributed by atoms with Crippen molar-refractivity contribution >= 4 is 0 Å². The van der Waals surface area contributed by atoms with Crippen LogP contribution >= 0.6 is 0 Å². The molecule has 0 aliphatic heterocycles. The van der Waals surface area contributed by atoms with E-state index in [1.54, 1.807) is 24.3 Å². The second-order valence-corrected chi connectivity index (χ2v) is 3.39. The first-order valence-corrected chi connectivity index (χ1v) is 4.83. The van der Waals surface area contributed by atoms with Gasteiger partial charge >= 0.3 is 0 Å². The van der Waals surface area contributed by atoms with Crippen LogP contribution in [0.25, 0.3) is 11.1 Å². The minimum atomic E-state index is -0.326. The number of methoxy groups -OCH3 is 1. The molecule has 0 aromatic heterocycles. The lowest BCUT2D eigenvalue weighted by Gasteiger charge is -2.06. The summed E-state index contributed by atoms with van der Waals surface area (Å²) in [5.74, 6) is 0.315. The standard InChI is InChI=1S/C13H11FO2/c1-16-11-5-6-12(13(15)8-11)9-3-2-4-10(14)7-9/h2-8,15H,1H3. The third-order valence-corrected chi connectivity index (χ3v) is 2.34. The molecule has 0 atom stereocenters. The van der Waals surface area contributed by atoms with E-state index < -0.39 is 0 Å². The zero-order valence-corrected chi connectivity index (χ0v) is 8.77. The summed E-state index contributed by atoms with van der Waals surface area (Å²) in [7, 11) is 1.52. The van der Waals surface area contributed by atoms with E-state index in [0.717, 1.165) is 0 Å². The van der Waals surface area contributed by atoms with Crippen molar-refractivity contribution in [2.45, 2.75) is 0 Å². The Morgan fingerprint density at radius 3 is 2.56 bits per heavy atom. The third-order valence-electron chi connectivity index (χ3n) is 2.34. The molecule has 0 amide bonds. The van der Waals surface area contributed by atoms with Gasteiger partial charge in [-0.25, -0.2) is 4.39 Å². The summed E-state index contributed by atoms with van der Waals surface area (Å²) >= 11 is 0. The van der Waals surface area contributed by atoms with Crippen LogP contribution in [0.4, 0.5) is 4.39 Å². The minimum Gasteiger partial charge on any atom is -0.507 e. The van der Waals surface area contributed by atoms with Crippen molar-refractivity contribution in [2.24, 2.45) is 0 Å². The summed E-state index contributed by atoms with van der Waals surface area (Å²) < 4.78 is 18.0. The molecule has 0 spiro atoms. The number of benzene rings is 2. The summed E-state index contributed by atoms with van der Waals surface area (Å²) in [4.78, 5) is 0. The highest BCUT2D eigenvalue weighted by Crippen LogP contribution is 2.32. The minimum absolute atomic E-state index is 0.0740. The predicted molar refractivity (Wildman–Crippen MR) is 60.1 cm³/mol. The van der Waals surface area contributed by atoms with Crippen LogP contribution in [0.2, 0.25) is 0 Å². The Morgan fingerprint density at radius 1 is 1.12 bits per heavy atom. The first-order chi connectivity index (χ1) is 7.70. The van der Waals surface area contributed by atoms with Gasteiger partial charge < -0.3 is 9.84 Å². The van der Waals surface area contributed by atoms with Crippen LogP contribution in [-0.2, 0) is 0 Å². The van der Waals surface area contributed by atoms with Gasteiger partial charge in [0.2, 0.25) is 0 Å². The van der Waals surface area contributed by atoms with Gasteiger partial charge in [-0.15, -0.1) is 0 Å². The van der Waals surface area contributed by atoms with Gasteiger partial charge in [0, 0.05) is 11.6 Å². The molecule has 0 radical (unpaired) electrons. The monoisotopic (exact) mass is 218 g/mol. The second-order valence-electron chi connectivity index (χ2n) is 3.39. The van der Waals surface area contributed by atoms with Gasteiger partial charge in [-0.05, 0) is 29.8 Å². The Hall–Kier alpha value is -2.03. The van der Waals surface area contributed by atoms with Gasteiger partial charge in [0.15, 0.2) is 0 Å². The molecule has 2 aromatic rings. The zero-order chi connectivity index (χ0) is 11.5. The van der Waals surface area contributed by atoms with Gasteiger partial charge in [-0.3, -0.25) is 0 Å². The van der Waals surface area contributed by atoms with Gasteiger partial charge in [-0.2, -0.15) is 0 Å². The van der Waals surface area contributed by atoms with E-state index in [1.807, 2.05) is 0 Å². The van der Waals surface area contributed by atoms with Crippen molar-refractivity contribution in [1.29, 1.82) is 0 Å². The van der Waals surface area contributed by atoms with E-state index in [9.17, 15) is 9.50 Å². The zero-order valence-electron chi connectivity index (χ0n) is 8.77. The second kappa shape index (κ2) is 4.23. The number of hydrogen-bond donors (Lipinski definition) is 1. The van der Waals surface area contributed by atoms with Crippen LogP contribution in [0, 0.1) is 5.82 Å². The molecule has 2 nitrogen and oxygen atoms in total. The van der Waals surface area contributed by atoms with E-state index in [4.69, 9.17) is 4.74 Å². The molecule has 2 aromatic carbocycles. The highest BCUT2D eigenvalue weighted by atomic mass is 19.1. The summed E-state index contributed by atoms with van der Waals surface area (Å²) in [6.45, 7) is 0. The first-order valence-electron chi connectivity index (χ1n) is 4.83. The van der Waals surface area contributed by atoms with E-state index in [1.165, 1.54) is 25.3 Å². The van der Waals surface area contributed by atoms with Crippen LogP contribution in [0.15, 0.2) is 42.5 Å². The normalized spacial score (nSPS) is 10.1. The number of ether oxygens (including phenoxy) is 1. The maximum Gasteiger partial charge on any atom is 0.127 e. The maximum atomic E-state index is 13.0. The fourth-order valence-electron chi connectivity index (χ4n) is 1.54. The molecule has 0 unspecified atom stereocenters. The molecule has 3 heteroatoms. The summed E-state index contributed by atoms with van der Waals surface area (Å²) in [6, 6.07) is 11.0. The molecule has 0 saturated carbocycles. The van der Waals surface area contributed by atoms with Gasteiger partial charge in [0.05, 0.1) is 7.11 Å². The van der Waals surface area contributed by atoms with E-state index in [-0.39, 0.29) is 11.6 Å². The van der Waals surface area contributed by atoms with Gasteiger partial charge in [-0.1, -0.05) is 12.1 Å². The smallest absolute Gasteiger partial charge is 0.127 e. The number of phenolic OH excluding ortho intramolecular Hbond substituents is 1. The molecule has 0 bridgehead atoms. The van der Waals surface area contributed by atoms with Crippen LogP contribution in [0.1, 0.15) is 0 Å². The molecule has 82 valence electrons. The number of aromatic hydroxyl groups is 1. The topological polar surface area (TPSA) is 29.5 Å². The van der Waals surface area contributed by atoms with Gasteiger partial charge in [0.1, 0.15) is 17.3 Å². The molecule has 1 N–H and O–H groups in total. The van der Waals surface area contributed by atoms with E-state index >= 15 is 0 Å². The molecule has 0 saturated heterocycles. The molecule has 16 heavy (non-hydrogen) atoms. The number of phenols is 1. The summed E-state index contributed by atoms with van der Waals surface area (Å²) in [5.41, 5.74) is 1.22. The highest BCUT2D eigenvalue weighted by Gasteiger charge is 2.06. The van der Waals surface area contributed by atoms with Crippen LogP contribution in [-0.4, -0.2) is 12.2 Å². The number of rotatable bonds is 2. The Morgan fingerprint density at radius 2 is 1.94 bits per heavy atom. The maximum absolute atomic E-state index is 13.0. The SMILES string of the molecule is COc1ccc(-c2cccc(F)c2)c(O)c1. The lowest BCUT2D eigenvalue weighted by atomic mass is 10.0. The fourth-order valence-corrected chi connectivity index (χ4v) is 1.54. The Kier molecular flexibility index (Phi) is 2.77. The van der Waals surface area contributed by atoms with E-state index in [0.29, 0.717) is 16.9 Å². The average Bonchev–Trinajstić information content (AvgIpc) is 2.28. The Labute approximate surface area is 92.9 Å². The van der Waals surface area contributed by atoms with Crippen molar-refractivity contribution in [3.05, 3.63) is 48.3 Å². The molecule has 2 rings (SSSR count). The van der Waals surface area contributed by atoms with Crippen molar-refractivity contribution in [2.75, 3.05) is 7.11 Å².